The van der Waals surface area contributed by atoms with Crippen LogP contribution in [0.4, 0.5) is 5.69 Å². The summed E-state index contributed by atoms with van der Waals surface area (Å²) in [6, 6.07) is 8.73. The molecule has 0 fully saturated rings. The topological polar surface area (TPSA) is 66.4 Å². The van der Waals surface area contributed by atoms with Crippen LogP contribution in [0.15, 0.2) is 41.7 Å². The number of ketones is 1. The molecule has 0 unspecified atom stereocenters. The van der Waals surface area contributed by atoms with Crippen molar-refractivity contribution in [3.63, 3.8) is 0 Å². The van der Waals surface area contributed by atoms with E-state index in [0.717, 1.165) is 0 Å². The number of allylic oxidation sites excluding steroid dienone is 1. The zero-order chi connectivity index (χ0) is 12.1. The molecular weight excluding hydrogens is 206 g/mol. The lowest BCUT2D eigenvalue weighted by atomic mass is 10.1. The second-order valence-corrected chi connectivity index (χ2v) is 3.34. The summed E-state index contributed by atoms with van der Waals surface area (Å²) in [5.74, 6) is -1.34. The van der Waals surface area contributed by atoms with Crippen molar-refractivity contribution in [1.82, 2.24) is 0 Å². The van der Waals surface area contributed by atoms with Crippen molar-refractivity contribution < 1.29 is 14.7 Å². The van der Waals surface area contributed by atoms with Gasteiger partial charge in [0.1, 0.15) is 11.3 Å². The monoisotopic (exact) mass is 219 g/mol. The maximum Gasteiger partial charge on any atom is 0.262 e. The SMILES string of the molecule is CC(=O)/C(C(=O)Nc1ccccc1)=C(/C)O. The van der Waals surface area contributed by atoms with Crippen LogP contribution in [0.5, 0.6) is 0 Å². The lowest BCUT2D eigenvalue weighted by Gasteiger charge is -2.06. The number of carbonyl (C=O) groups excluding carboxylic acids is 2. The van der Waals surface area contributed by atoms with Crippen molar-refractivity contribution in [2.45, 2.75) is 13.8 Å². The molecule has 0 spiro atoms. The van der Waals surface area contributed by atoms with Crippen molar-refractivity contribution in [1.29, 1.82) is 0 Å². The Bertz CT molecular complexity index is 431. The van der Waals surface area contributed by atoms with Gasteiger partial charge in [-0.15, -0.1) is 0 Å². The molecular formula is C12H13NO3. The van der Waals surface area contributed by atoms with Gasteiger partial charge in [-0.3, -0.25) is 9.59 Å². The number of carbonyl (C=O) groups is 2. The van der Waals surface area contributed by atoms with Crippen LogP contribution >= 0.6 is 0 Å². The standard InChI is InChI=1S/C12H13NO3/c1-8(14)11(9(2)15)12(16)13-10-6-4-3-5-7-10/h3-7,14H,1-2H3,(H,13,16)/b11-8+. The Hall–Kier alpha value is -2.10. The van der Waals surface area contributed by atoms with Crippen LogP contribution in [-0.2, 0) is 9.59 Å². The highest BCUT2D eigenvalue weighted by atomic mass is 16.3. The van der Waals surface area contributed by atoms with E-state index in [2.05, 4.69) is 5.32 Å². The van der Waals surface area contributed by atoms with Crippen LogP contribution in [-0.4, -0.2) is 16.8 Å². The van der Waals surface area contributed by atoms with Gasteiger partial charge in [-0.05, 0) is 26.0 Å². The molecule has 16 heavy (non-hydrogen) atoms. The largest absolute Gasteiger partial charge is 0.512 e. The third-order valence-corrected chi connectivity index (χ3v) is 1.97. The molecule has 4 heteroatoms. The molecule has 0 saturated heterocycles. The summed E-state index contributed by atoms with van der Waals surface area (Å²) in [4.78, 5) is 22.8. The van der Waals surface area contributed by atoms with E-state index in [0.29, 0.717) is 5.69 Å². The maximum absolute atomic E-state index is 11.6. The molecule has 1 aromatic carbocycles. The van der Waals surface area contributed by atoms with Gasteiger partial charge in [0.25, 0.3) is 5.91 Å². The molecule has 0 aliphatic heterocycles. The molecule has 0 heterocycles. The first-order valence-corrected chi connectivity index (χ1v) is 4.79. The minimum Gasteiger partial charge on any atom is -0.512 e. The van der Waals surface area contributed by atoms with E-state index in [4.69, 9.17) is 0 Å². The Morgan fingerprint density at radius 2 is 1.69 bits per heavy atom. The smallest absolute Gasteiger partial charge is 0.262 e. The second-order valence-electron chi connectivity index (χ2n) is 3.34. The number of hydrogen-bond acceptors (Lipinski definition) is 3. The number of amides is 1. The molecule has 0 bridgehead atoms. The van der Waals surface area contributed by atoms with Crippen molar-refractivity contribution in [3.8, 4) is 0 Å². The number of nitrogens with one attached hydrogen (secondary N) is 1. The van der Waals surface area contributed by atoms with Gasteiger partial charge in [-0.1, -0.05) is 18.2 Å². The van der Waals surface area contributed by atoms with Crippen molar-refractivity contribution >= 4 is 17.4 Å². The number of rotatable bonds is 3. The number of hydrogen-bond donors (Lipinski definition) is 2. The number of para-hydroxylation sites is 1. The number of aliphatic hydroxyl groups is 1. The Morgan fingerprint density at radius 1 is 1.12 bits per heavy atom. The summed E-state index contributed by atoms with van der Waals surface area (Å²) in [7, 11) is 0. The first kappa shape index (κ1) is 12.0. The van der Waals surface area contributed by atoms with E-state index >= 15 is 0 Å². The third kappa shape index (κ3) is 2.95. The Kier molecular flexibility index (Phi) is 3.83. The average molecular weight is 219 g/mol. The van der Waals surface area contributed by atoms with E-state index in [9.17, 15) is 14.7 Å². The number of anilines is 1. The summed E-state index contributed by atoms with van der Waals surface area (Å²) in [5.41, 5.74) is 0.358. The molecule has 4 nitrogen and oxygen atoms in total. The summed E-state index contributed by atoms with van der Waals surface area (Å²) in [6.45, 7) is 2.54. The molecule has 1 amide bonds. The molecule has 0 aliphatic carbocycles. The highest BCUT2D eigenvalue weighted by Crippen LogP contribution is 2.10. The number of benzene rings is 1. The van der Waals surface area contributed by atoms with E-state index in [1.807, 2.05) is 6.07 Å². The zero-order valence-corrected chi connectivity index (χ0v) is 9.15. The molecule has 84 valence electrons. The summed E-state index contributed by atoms with van der Waals surface area (Å²) < 4.78 is 0. The first-order valence-electron chi connectivity index (χ1n) is 4.79. The predicted octanol–water partition coefficient (Wildman–Crippen LogP) is 2.05. The molecule has 1 rings (SSSR count). The van der Waals surface area contributed by atoms with Crippen LogP contribution in [0.3, 0.4) is 0 Å². The van der Waals surface area contributed by atoms with Gasteiger partial charge in [-0.2, -0.15) is 0 Å². The summed E-state index contributed by atoms with van der Waals surface area (Å²) >= 11 is 0. The predicted molar refractivity (Wildman–Crippen MR) is 61.1 cm³/mol. The second kappa shape index (κ2) is 5.11. The lowest BCUT2D eigenvalue weighted by molar-refractivity contribution is -0.119. The quantitative estimate of drug-likeness (QED) is 0.354. The van der Waals surface area contributed by atoms with Crippen molar-refractivity contribution in [2.75, 3.05) is 5.32 Å². The molecule has 0 radical (unpaired) electrons. The number of aliphatic hydroxyl groups excluding tert-OH is 1. The maximum atomic E-state index is 11.6. The first-order chi connectivity index (χ1) is 7.52. The highest BCUT2D eigenvalue weighted by molar-refractivity contribution is 6.23. The van der Waals surface area contributed by atoms with Crippen LogP contribution in [0, 0.1) is 0 Å². The van der Waals surface area contributed by atoms with Crippen LogP contribution in [0.25, 0.3) is 0 Å². The number of Topliss-reactive ketones (excluding diaryl/α,β-unsaturated/α-hetero) is 1. The lowest BCUT2D eigenvalue weighted by Crippen LogP contribution is -2.20. The molecule has 0 aliphatic rings. The van der Waals surface area contributed by atoms with Gasteiger partial charge in [0.2, 0.25) is 0 Å². The fraction of sp³-hybridized carbons (Fsp3) is 0.167. The highest BCUT2D eigenvalue weighted by Gasteiger charge is 2.17. The fourth-order valence-electron chi connectivity index (χ4n) is 1.29. The van der Waals surface area contributed by atoms with Crippen LogP contribution in [0.1, 0.15) is 13.8 Å². The van der Waals surface area contributed by atoms with Gasteiger partial charge < -0.3 is 10.4 Å². The minimum atomic E-state index is -0.598. The fourth-order valence-corrected chi connectivity index (χ4v) is 1.29. The molecule has 1 aromatic rings. The van der Waals surface area contributed by atoms with E-state index in [1.54, 1.807) is 24.3 Å². The summed E-state index contributed by atoms with van der Waals surface area (Å²) in [6.07, 6.45) is 0. The van der Waals surface area contributed by atoms with Gasteiger partial charge in [0.05, 0.1) is 0 Å². The van der Waals surface area contributed by atoms with Crippen LogP contribution < -0.4 is 5.32 Å². The Morgan fingerprint density at radius 3 is 2.12 bits per heavy atom. The van der Waals surface area contributed by atoms with E-state index < -0.39 is 11.7 Å². The Labute approximate surface area is 93.6 Å². The molecule has 0 aromatic heterocycles. The molecule has 0 saturated carbocycles. The van der Waals surface area contributed by atoms with Crippen LogP contribution in [0.2, 0.25) is 0 Å². The van der Waals surface area contributed by atoms with Gasteiger partial charge in [0, 0.05) is 5.69 Å². The zero-order valence-electron chi connectivity index (χ0n) is 9.15. The minimum absolute atomic E-state index is 0.219. The van der Waals surface area contributed by atoms with Gasteiger partial charge in [-0.25, -0.2) is 0 Å². The third-order valence-electron chi connectivity index (χ3n) is 1.97. The average Bonchev–Trinajstić information content (AvgIpc) is 2.17. The molecule has 0 atom stereocenters. The molecule has 2 N–H and O–H groups in total. The normalized spacial score (nSPS) is 11.6. The van der Waals surface area contributed by atoms with Crippen molar-refractivity contribution in [2.24, 2.45) is 0 Å². The Balaban J connectivity index is 2.88. The van der Waals surface area contributed by atoms with E-state index in [-0.39, 0.29) is 11.3 Å². The van der Waals surface area contributed by atoms with Crippen molar-refractivity contribution in [3.05, 3.63) is 41.7 Å². The van der Waals surface area contributed by atoms with Gasteiger partial charge in [0.15, 0.2) is 5.78 Å². The van der Waals surface area contributed by atoms with Gasteiger partial charge >= 0.3 is 0 Å². The summed E-state index contributed by atoms with van der Waals surface area (Å²) in [5, 5.41) is 11.8. The van der Waals surface area contributed by atoms with E-state index in [1.165, 1.54) is 13.8 Å².